The summed E-state index contributed by atoms with van der Waals surface area (Å²) in [6.07, 6.45) is 5.28. The molecule has 7 nitrogen and oxygen atoms in total. The summed E-state index contributed by atoms with van der Waals surface area (Å²) in [5.74, 6) is 3.48. The van der Waals surface area contributed by atoms with Crippen LogP contribution >= 0.6 is 24.4 Å². The molecule has 4 N–H and O–H groups in total. The SMILES string of the molecule is N=Cc1c(N)cccc1-c1nc(/C=C/CNc2ccc3c(c2)CSC3)c(S)c(N2CCOCC2)n1. The van der Waals surface area contributed by atoms with Gasteiger partial charge in [0.1, 0.15) is 5.82 Å². The molecule has 180 valence electrons. The van der Waals surface area contributed by atoms with Crippen LogP contribution in [0.5, 0.6) is 0 Å². The van der Waals surface area contributed by atoms with Gasteiger partial charge in [-0.1, -0.05) is 24.3 Å². The number of nitrogens with one attached hydrogen (secondary N) is 2. The quantitative estimate of drug-likeness (QED) is 0.210. The van der Waals surface area contributed by atoms with Crippen molar-refractivity contribution in [2.75, 3.05) is 48.8 Å². The lowest BCUT2D eigenvalue weighted by molar-refractivity contribution is 0.122. The second kappa shape index (κ2) is 10.7. The smallest absolute Gasteiger partial charge is 0.162 e. The number of thioether (sulfide) groups is 1. The van der Waals surface area contributed by atoms with Gasteiger partial charge >= 0.3 is 0 Å². The number of fused-ring (bicyclic) bond motifs is 1. The van der Waals surface area contributed by atoms with E-state index in [4.69, 9.17) is 38.5 Å². The van der Waals surface area contributed by atoms with Crippen molar-refractivity contribution >= 4 is 53.9 Å². The molecule has 5 rings (SSSR count). The van der Waals surface area contributed by atoms with Crippen LogP contribution < -0.4 is 16.0 Å². The minimum absolute atomic E-state index is 0.526. The number of nitrogens with zero attached hydrogens (tertiary/aromatic N) is 3. The molecule has 0 bridgehead atoms. The maximum atomic E-state index is 7.86. The molecule has 0 unspecified atom stereocenters. The molecule has 3 heterocycles. The lowest BCUT2D eigenvalue weighted by atomic mass is 10.1. The van der Waals surface area contributed by atoms with Gasteiger partial charge in [0.25, 0.3) is 0 Å². The highest BCUT2D eigenvalue weighted by atomic mass is 32.2. The topological polar surface area (TPSA) is 100 Å². The Labute approximate surface area is 215 Å². The molecule has 2 aromatic carbocycles. The molecule has 0 saturated carbocycles. The molecule has 2 aliphatic heterocycles. The van der Waals surface area contributed by atoms with Gasteiger partial charge in [-0.3, -0.25) is 0 Å². The summed E-state index contributed by atoms with van der Waals surface area (Å²) >= 11 is 6.77. The number of ether oxygens (including phenoxy) is 1. The third kappa shape index (κ3) is 5.17. The third-order valence-electron chi connectivity index (χ3n) is 6.15. The van der Waals surface area contributed by atoms with E-state index in [1.54, 1.807) is 6.07 Å². The van der Waals surface area contributed by atoms with E-state index in [2.05, 4.69) is 28.4 Å². The molecule has 1 fully saturated rings. The van der Waals surface area contributed by atoms with Crippen molar-refractivity contribution in [2.45, 2.75) is 16.4 Å². The molecule has 9 heteroatoms. The van der Waals surface area contributed by atoms with Crippen molar-refractivity contribution in [3.05, 3.63) is 64.9 Å². The van der Waals surface area contributed by atoms with Crippen molar-refractivity contribution in [3.63, 3.8) is 0 Å². The van der Waals surface area contributed by atoms with E-state index in [1.807, 2.05) is 36.0 Å². The Bertz CT molecular complexity index is 1270. The minimum atomic E-state index is 0.526. The van der Waals surface area contributed by atoms with Gasteiger partial charge in [-0.2, -0.15) is 11.8 Å². The van der Waals surface area contributed by atoms with Gasteiger partial charge in [0.05, 0.1) is 23.8 Å². The Morgan fingerprint density at radius 3 is 2.80 bits per heavy atom. The summed E-state index contributed by atoms with van der Waals surface area (Å²) in [6, 6.07) is 12.1. The van der Waals surface area contributed by atoms with Crippen molar-refractivity contribution in [1.29, 1.82) is 5.41 Å². The summed E-state index contributed by atoms with van der Waals surface area (Å²) in [5.41, 5.74) is 12.7. The fraction of sp³-hybridized carbons (Fsp3) is 0.269. The standard InChI is InChI=1S/C26H28N6OS2/c27-14-21-20(3-1-4-22(21)28)25-30-23(24(34)26(31-25)32-9-11-33-12-10-32)5-2-8-29-19-7-6-17-15-35-16-18(17)13-19/h1-7,13-14,27,29,34H,8-12,15-16,28H2/b5-2+,27-14?. The van der Waals surface area contributed by atoms with Gasteiger partial charge in [-0.25, -0.2) is 9.97 Å². The lowest BCUT2D eigenvalue weighted by Gasteiger charge is -2.29. The molecule has 0 radical (unpaired) electrons. The second-order valence-electron chi connectivity index (χ2n) is 8.42. The summed E-state index contributed by atoms with van der Waals surface area (Å²) in [6.45, 7) is 3.42. The van der Waals surface area contributed by atoms with Crippen molar-refractivity contribution in [2.24, 2.45) is 0 Å². The zero-order chi connectivity index (χ0) is 24.2. The first kappa shape index (κ1) is 23.7. The van der Waals surface area contributed by atoms with Gasteiger partial charge in [0.15, 0.2) is 5.82 Å². The zero-order valence-corrected chi connectivity index (χ0v) is 21.0. The predicted molar refractivity (Wildman–Crippen MR) is 149 cm³/mol. The summed E-state index contributed by atoms with van der Waals surface area (Å²) in [5, 5.41) is 11.3. The highest BCUT2D eigenvalue weighted by molar-refractivity contribution is 7.98. The molecule has 0 atom stereocenters. The van der Waals surface area contributed by atoms with Crippen LogP contribution in [0.15, 0.2) is 47.4 Å². The van der Waals surface area contributed by atoms with Gasteiger partial charge in [0, 0.05) is 59.9 Å². The van der Waals surface area contributed by atoms with Gasteiger partial charge in [0.2, 0.25) is 0 Å². The second-order valence-corrected chi connectivity index (χ2v) is 9.85. The zero-order valence-electron chi connectivity index (χ0n) is 19.3. The van der Waals surface area contributed by atoms with E-state index in [1.165, 1.54) is 17.3 Å². The van der Waals surface area contributed by atoms with E-state index in [9.17, 15) is 0 Å². The number of morpholine rings is 1. The molecule has 0 spiro atoms. The maximum Gasteiger partial charge on any atom is 0.162 e. The van der Waals surface area contributed by atoms with Crippen LogP contribution in [0.3, 0.4) is 0 Å². The van der Waals surface area contributed by atoms with Crippen molar-refractivity contribution < 1.29 is 4.74 Å². The summed E-state index contributed by atoms with van der Waals surface area (Å²) < 4.78 is 5.53. The van der Waals surface area contributed by atoms with Crippen molar-refractivity contribution in [1.82, 2.24) is 9.97 Å². The highest BCUT2D eigenvalue weighted by Gasteiger charge is 2.20. The van der Waals surface area contributed by atoms with E-state index in [0.717, 1.165) is 52.3 Å². The Balaban J connectivity index is 1.44. The maximum absolute atomic E-state index is 7.86. The Hall–Kier alpha value is -3.01. The van der Waals surface area contributed by atoms with E-state index in [0.29, 0.717) is 36.8 Å². The van der Waals surface area contributed by atoms with E-state index < -0.39 is 0 Å². The lowest BCUT2D eigenvalue weighted by Crippen LogP contribution is -2.37. The molecule has 3 aromatic rings. The van der Waals surface area contributed by atoms with Crippen LogP contribution in [-0.2, 0) is 16.2 Å². The predicted octanol–water partition coefficient (Wildman–Crippen LogP) is 4.72. The Morgan fingerprint density at radius 2 is 1.97 bits per heavy atom. The van der Waals surface area contributed by atoms with E-state index >= 15 is 0 Å². The molecule has 2 aliphatic rings. The minimum Gasteiger partial charge on any atom is -0.398 e. The van der Waals surface area contributed by atoms with Crippen molar-refractivity contribution in [3.8, 4) is 11.4 Å². The fourth-order valence-corrected chi connectivity index (χ4v) is 5.67. The number of aromatic nitrogens is 2. The molecule has 1 saturated heterocycles. The average molecular weight is 505 g/mol. The number of hydrogen-bond acceptors (Lipinski definition) is 9. The summed E-state index contributed by atoms with van der Waals surface area (Å²) in [4.78, 5) is 12.6. The monoisotopic (exact) mass is 504 g/mol. The number of hydrogen-bond donors (Lipinski definition) is 4. The molecular weight excluding hydrogens is 476 g/mol. The molecule has 0 amide bonds. The summed E-state index contributed by atoms with van der Waals surface area (Å²) in [7, 11) is 0. The Morgan fingerprint density at radius 1 is 1.14 bits per heavy atom. The van der Waals surface area contributed by atoms with Crippen LogP contribution in [0, 0.1) is 5.41 Å². The first-order valence-electron chi connectivity index (χ1n) is 11.6. The first-order chi connectivity index (χ1) is 17.1. The van der Waals surface area contributed by atoms with Crippen LogP contribution in [0.4, 0.5) is 17.2 Å². The van der Waals surface area contributed by atoms with Crippen LogP contribution in [0.1, 0.15) is 22.4 Å². The number of nitrogen functional groups attached to an aromatic ring is 1. The Kier molecular flexibility index (Phi) is 7.26. The normalized spacial score (nSPS) is 15.4. The number of benzene rings is 2. The highest BCUT2D eigenvalue weighted by Crippen LogP contribution is 2.33. The van der Waals surface area contributed by atoms with Gasteiger partial charge in [-0.15, -0.1) is 12.6 Å². The largest absolute Gasteiger partial charge is 0.398 e. The molecular formula is C26H28N6OS2. The third-order valence-corrected chi connectivity index (χ3v) is 7.61. The molecule has 1 aromatic heterocycles. The van der Waals surface area contributed by atoms with Gasteiger partial charge < -0.3 is 26.1 Å². The average Bonchev–Trinajstić information content (AvgIpc) is 3.36. The molecule has 35 heavy (non-hydrogen) atoms. The number of anilines is 3. The number of thiol groups is 1. The first-order valence-corrected chi connectivity index (χ1v) is 13.2. The fourth-order valence-electron chi connectivity index (χ4n) is 4.26. The molecule has 0 aliphatic carbocycles. The van der Waals surface area contributed by atoms with Crippen LogP contribution in [0.25, 0.3) is 17.5 Å². The van der Waals surface area contributed by atoms with E-state index in [-0.39, 0.29) is 0 Å². The van der Waals surface area contributed by atoms with Crippen LogP contribution in [-0.4, -0.2) is 49.0 Å². The number of rotatable bonds is 7. The number of nitrogens with two attached hydrogens (primary N) is 1. The van der Waals surface area contributed by atoms with Crippen LogP contribution in [0.2, 0.25) is 0 Å². The van der Waals surface area contributed by atoms with Gasteiger partial charge in [-0.05, 0) is 35.4 Å².